The number of hydrogen-bond acceptors (Lipinski definition) is 2. The van der Waals surface area contributed by atoms with E-state index in [-0.39, 0.29) is 11.2 Å². The molecule has 26 heavy (non-hydrogen) atoms. The molecule has 0 atom stereocenters. The van der Waals surface area contributed by atoms with Gasteiger partial charge in [0.05, 0.1) is 0 Å². The highest BCUT2D eigenvalue weighted by atomic mass is 16.1. The third-order valence-corrected chi connectivity index (χ3v) is 4.17. The van der Waals surface area contributed by atoms with E-state index in [0.29, 0.717) is 6.42 Å². The number of ketones is 1. The smallest absolute Gasteiger partial charge is 0.163 e. The number of carbonyl (C=O) groups is 1. The summed E-state index contributed by atoms with van der Waals surface area (Å²) in [5, 5.41) is 0. The number of benzene rings is 3. The first-order chi connectivity index (χ1) is 12.4. The summed E-state index contributed by atoms with van der Waals surface area (Å²) in [6, 6.07) is 28.4. The summed E-state index contributed by atoms with van der Waals surface area (Å²) in [5.74, 6) is 0.190. The molecule has 0 heterocycles. The summed E-state index contributed by atoms with van der Waals surface area (Å²) in [7, 11) is 0. The van der Waals surface area contributed by atoms with Crippen LogP contribution < -0.4 is 4.90 Å². The van der Waals surface area contributed by atoms with Gasteiger partial charge in [-0.3, -0.25) is 4.79 Å². The number of carbonyl (C=O) groups excluding carboxylic acids is 1. The summed E-state index contributed by atoms with van der Waals surface area (Å²) < 4.78 is 0. The number of hydrogen-bond donors (Lipinski definition) is 0. The summed E-state index contributed by atoms with van der Waals surface area (Å²) in [6.45, 7) is 6.27. The van der Waals surface area contributed by atoms with E-state index >= 15 is 0 Å². The average molecular weight is 343 g/mol. The monoisotopic (exact) mass is 343 g/mol. The van der Waals surface area contributed by atoms with Gasteiger partial charge in [0.2, 0.25) is 0 Å². The molecule has 0 aliphatic carbocycles. The van der Waals surface area contributed by atoms with E-state index < -0.39 is 0 Å². The Morgan fingerprint density at radius 2 is 1.12 bits per heavy atom. The molecule has 3 aromatic carbocycles. The van der Waals surface area contributed by atoms with Gasteiger partial charge < -0.3 is 4.90 Å². The van der Waals surface area contributed by atoms with Crippen LogP contribution in [0.1, 0.15) is 37.6 Å². The molecule has 0 aromatic heterocycles. The van der Waals surface area contributed by atoms with E-state index in [1.807, 2.05) is 60.7 Å². The van der Waals surface area contributed by atoms with Gasteiger partial charge in [0.1, 0.15) is 0 Å². The molecule has 0 saturated carbocycles. The van der Waals surface area contributed by atoms with Crippen molar-refractivity contribution >= 4 is 22.8 Å². The van der Waals surface area contributed by atoms with Gasteiger partial charge in [-0.2, -0.15) is 0 Å². The largest absolute Gasteiger partial charge is 0.311 e. The van der Waals surface area contributed by atoms with Crippen molar-refractivity contribution in [2.24, 2.45) is 5.41 Å². The predicted molar refractivity (Wildman–Crippen MR) is 110 cm³/mol. The molecule has 2 heteroatoms. The Bertz CT molecular complexity index is 807. The molecule has 132 valence electrons. The van der Waals surface area contributed by atoms with Crippen LogP contribution in [0.15, 0.2) is 84.9 Å². The molecule has 3 rings (SSSR count). The maximum absolute atomic E-state index is 12.5. The highest BCUT2D eigenvalue weighted by Crippen LogP contribution is 2.34. The lowest BCUT2D eigenvalue weighted by atomic mass is 9.88. The van der Waals surface area contributed by atoms with E-state index in [9.17, 15) is 4.79 Å². The van der Waals surface area contributed by atoms with Crippen molar-refractivity contribution in [3.05, 3.63) is 90.5 Å². The van der Waals surface area contributed by atoms with Gasteiger partial charge in [0.25, 0.3) is 0 Å². The molecule has 0 aliphatic rings. The minimum atomic E-state index is -0.00410. The Kier molecular flexibility index (Phi) is 5.22. The van der Waals surface area contributed by atoms with Crippen LogP contribution in [0.25, 0.3) is 0 Å². The second kappa shape index (κ2) is 7.57. The van der Waals surface area contributed by atoms with Crippen LogP contribution in [-0.2, 0) is 0 Å². The van der Waals surface area contributed by atoms with Crippen molar-refractivity contribution in [3.8, 4) is 0 Å². The second-order valence-electron chi connectivity index (χ2n) is 7.71. The van der Waals surface area contributed by atoms with E-state index in [1.54, 1.807) is 0 Å². The van der Waals surface area contributed by atoms with Gasteiger partial charge in [0.15, 0.2) is 5.78 Å². The molecule has 0 spiro atoms. The number of nitrogens with zero attached hydrogens (tertiary/aromatic N) is 1. The zero-order valence-corrected chi connectivity index (χ0v) is 15.6. The van der Waals surface area contributed by atoms with Gasteiger partial charge in [-0.1, -0.05) is 57.2 Å². The van der Waals surface area contributed by atoms with E-state index in [2.05, 4.69) is 49.9 Å². The van der Waals surface area contributed by atoms with Crippen molar-refractivity contribution in [3.63, 3.8) is 0 Å². The SMILES string of the molecule is CC(C)(C)CC(=O)c1ccc(N(c2ccccc2)c2ccccc2)cc1. The molecular formula is C24H25NO. The molecule has 0 aliphatic heterocycles. The van der Waals surface area contributed by atoms with Crippen LogP contribution in [0.3, 0.4) is 0 Å². The first kappa shape index (κ1) is 17.9. The topological polar surface area (TPSA) is 20.3 Å². The van der Waals surface area contributed by atoms with E-state index in [4.69, 9.17) is 0 Å². The van der Waals surface area contributed by atoms with Gasteiger partial charge in [0, 0.05) is 29.0 Å². The quantitative estimate of drug-likeness (QED) is 0.476. The van der Waals surface area contributed by atoms with Crippen LogP contribution in [0.2, 0.25) is 0 Å². The summed E-state index contributed by atoms with van der Waals surface area (Å²) in [6.07, 6.45) is 0.549. The zero-order valence-electron chi connectivity index (χ0n) is 15.6. The fourth-order valence-corrected chi connectivity index (χ4v) is 2.98. The predicted octanol–water partition coefficient (Wildman–Crippen LogP) is 6.78. The average Bonchev–Trinajstić information content (AvgIpc) is 2.63. The van der Waals surface area contributed by atoms with Crippen LogP contribution >= 0.6 is 0 Å². The van der Waals surface area contributed by atoms with E-state index in [1.165, 1.54) is 0 Å². The summed E-state index contributed by atoms with van der Waals surface area (Å²) in [5.41, 5.74) is 3.98. The normalized spacial score (nSPS) is 11.2. The first-order valence-corrected chi connectivity index (χ1v) is 8.97. The maximum atomic E-state index is 12.5. The molecule has 0 N–H and O–H groups in total. The standard InChI is InChI=1S/C24H25NO/c1-24(2,3)18-23(26)19-14-16-22(17-15-19)25(20-10-6-4-7-11-20)21-12-8-5-9-13-21/h4-17H,18H2,1-3H3. The third-order valence-electron chi connectivity index (χ3n) is 4.17. The lowest BCUT2D eigenvalue weighted by Gasteiger charge is -2.25. The molecule has 0 bridgehead atoms. The van der Waals surface area contributed by atoms with Crippen molar-refractivity contribution in [1.29, 1.82) is 0 Å². The molecular weight excluding hydrogens is 318 g/mol. The molecule has 0 radical (unpaired) electrons. The highest BCUT2D eigenvalue weighted by molar-refractivity contribution is 5.97. The lowest BCUT2D eigenvalue weighted by molar-refractivity contribution is 0.0940. The lowest BCUT2D eigenvalue weighted by Crippen LogP contribution is -2.13. The maximum Gasteiger partial charge on any atom is 0.163 e. The zero-order chi connectivity index (χ0) is 18.6. The van der Waals surface area contributed by atoms with Gasteiger partial charge in [-0.15, -0.1) is 0 Å². The van der Waals surface area contributed by atoms with Gasteiger partial charge >= 0.3 is 0 Å². The van der Waals surface area contributed by atoms with Crippen molar-refractivity contribution in [1.82, 2.24) is 0 Å². The Labute approximate surface area is 156 Å². The van der Waals surface area contributed by atoms with Crippen molar-refractivity contribution in [2.45, 2.75) is 27.2 Å². The minimum Gasteiger partial charge on any atom is -0.311 e. The molecule has 0 amide bonds. The fraction of sp³-hybridized carbons (Fsp3) is 0.208. The Morgan fingerprint density at radius 3 is 1.54 bits per heavy atom. The highest BCUT2D eigenvalue weighted by Gasteiger charge is 2.18. The molecule has 0 unspecified atom stereocenters. The van der Waals surface area contributed by atoms with Crippen molar-refractivity contribution in [2.75, 3.05) is 4.90 Å². The summed E-state index contributed by atoms with van der Waals surface area (Å²) in [4.78, 5) is 14.7. The fourth-order valence-electron chi connectivity index (χ4n) is 2.98. The van der Waals surface area contributed by atoms with Crippen LogP contribution in [0.5, 0.6) is 0 Å². The summed E-state index contributed by atoms with van der Waals surface area (Å²) >= 11 is 0. The van der Waals surface area contributed by atoms with Crippen LogP contribution in [0, 0.1) is 5.41 Å². The first-order valence-electron chi connectivity index (χ1n) is 8.97. The van der Waals surface area contributed by atoms with Crippen molar-refractivity contribution < 1.29 is 4.79 Å². The van der Waals surface area contributed by atoms with E-state index in [0.717, 1.165) is 22.6 Å². The Hall–Kier alpha value is -2.87. The second-order valence-corrected chi connectivity index (χ2v) is 7.71. The van der Waals surface area contributed by atoms with Crippen LogP contribution in [-0.4, -0.2) is 5.78 Å². The Balaban J connectivity index is 1.94. The molecule has 3 aromatic rings. The van der Waals surface area contributed by atoms with Crippen LogP contribution in [0.4, 0.5) is 17.1 Å². The molecule has 2 nitrogen and oxygen atoms in total. The minimum absolute atomic E-state index is 0.00410. The van der Waals surface area contributed by atoms with Gasteiger partial charge in [-0.05, 0) is 53.9 Å². The molecule has 0 fully saturated rings. The third kappa shape index (κ3) is 4.40. The Morgan fingerprint density at radius 1 is 0.692 bits per heavy atom. The number of Topliss-reactive ketones (excluding diaryl/α,β-unsaturated/α-hetero) is 1. The number of rotatable bonds is 5. The van der Waals surface area contributed by atoms with Gasteiger partial charge in [-0.25, -0.2) is 0 Å². The molecule has 0 saturated heterocycles. The number of anilines is 3. The number of para-hydroxylation sites is 2.